The molecule has 1 heterocycles. The van der Waals surface area contributed by atoms with Crippen LogP contribution in [0.1, 0.15) is 11.1 Å². The molecule has 1 atom stereocenters. The van der Waals surface area contributed by atoms with Crippen molar-refractivity contribution in [2.45, 2.75) is 0 Å². The highest BCUT2D eigenvalue weighted by Crippen LogP contribution is 2.32. The lowest BCUT2D eigenvalue weighted by Crippen LogP contribution is -2.99. The van der Waals surface area contributed by atoms with Crippen LogP contribution in [0.2, 0.25) is 0 Å². The van der Waals surface area contributed by atoms with E-state index in [9.17, 15) is 5.21 Å². The monoisotopic (exact) mass is 256 g/mol. The zero-order valence-electron chi connectivity index (χ0n) is 9.54. The number of nitriles is 2. The second-order valence-electron chi connectivity index (χ2n) is 3.65. The van der Waals surface area contributed by atoms with E-state index in [0.29, 0.717) is 5.56 Å². The van der Waals surface area contributed by atoms with Crippen molar-refractivity contribution in [2.24, 2.45) is 0 Å². The average molecular weight is 256 g/mol. The summed E-state index contributed by atoms with van der Waals surface area (Å²) in [5.41, 5.74) is 6.13. The molecule has 0 fully saturated rings. The quantitative estimate of drug-likeness (QED) is 0.676. The van der Waals surface area contributed by atoms with Gasteiger partial charge in [-0.3, -0.25) is 0 Å². The van der Waals surface area contributed by atoms with E-state index in [0.717, 1.165) is 0 Å². The predicted molar refractivity (Wildman–Crippen MR) is 63.8 cm³/mol. The first-order chi connectivity index (χ1) is 9.08. The van der Waals surface area contributed by atoms with Crippen molar-refractivity contribution in [3.8, 4) is 23.5 Å². The molecule has 0 spiro atoms. The van der Waals surface area contributed by atoms with Gasteiger partial charge in [0.05, 0.1) is 0 Å². The van der Waals surface area contributed by atoms with E-state index in [2.05, 4.69) is 0 Å². The number of hydrogen-bond acceptors (Lipinski definition) is 6. The lowest BCUT2D eigenvalue weighted by molar-refractivity contribution is -0.991. The van der Waals surface area contributed by atoms with Crippen molar-refractivity contribution in [1.82, 2.24) is 0 Å². The molecule has 1 aromatic carbocycles. The van der Waals surface area contributed by atoms with Crippen molar-refractivity contribution in [1.29, 1.82) is 10.5 Å². The average Bonchev–Trinajstić information content (AvgIpc) is 2.74. The smallest absolute Gasteiger partial charge is 0.210 e. The first kappa shape index (κ1) is 12.6. The van der Waals surface area contributed by atoms with E-state index in [-0.39, 0.29) is 28.5 Å². The second-order valence-corrected chi connectivity index (χ2v) is 3.65. The second kappa shape index (κ2) is 4.80. The Morgan fingerprint density at radius 2 is 1.74 bits per heavy atom. The van der Waals surface area contributed by atoms with Crippen LogP contribution in [0.3, 0.4) is 0 Å². The Morgan fingerprint density at radius 3 is 2.21 bits per heavy atom. The van der Waals surface area contributed by atoms with Crippen molar-refractivity contribution in [3.05, 3.63) is 40.6 Å². The van der Waals surface area contributed by atoms with Gasteiger partial charge in [0.1, 0.15) is 23.3 Å². The van der Waals surface area contributed by atoms with Gasteiger partial charge in [0.15, 0.2) is 11.4 Å². The highest BCUT2D eigenvalue weighted by molar-refractivity contribution is 5.74. The summed E-state index contributed by atoms with van der Waals surface area (Å²) in [5.74, 6) is 0.0323. The molecule has 7 heteroatoms. The minimum atomic E-state index is -1.05. The number of benzene rings is 1. The van der Waals surface area contributed by atoms with Crippen molar-refractivity contribution < 1.29 is 14.9 Å². The molecule has 1 aromatic heterocycles. The maximum absolute atomic E-state index is 10.7. The van der Waals surface area contributed by atoms with Gasteiger partial charge in [-0.1, -0.05) is 0 Å². The number of nitrogen functional groups attached to an aromatic ring is 1. The van der Waals surface area contributed by atoms with Crippen molar-refractivity contribution >= 4 is 11.6 Å². The lowest BCUT2D eigenvalue weighted by atomic mass is 10.1. The summed E-state index contributed by atoms with van der Waals surface area (Å²) < 4.78 is 5.20. The molecule has 7 nitrogen and oxygen atoms in total. The third kappa shape index (κ3) is 2.12. The van der Waals surface area contributed by atoms with Gasteiger partial charge in [-0.05, 0) is 12.1 Å². The minimum absolute atomic E-state index is 0.0141. The Morgan fingerprint density at radius 1 is 1.16 bits per heavy atom. The molecular formula is C12H8N4O3. The number of nitrogens with zero attached hydrogens (tertiary/aromatic N) is 2. The molecule has 0 aliphatic rings. The zero-order chi connectivity index (χ0) is 14.0. The first-order valence-electron chi connectivity index (χ1n) is 5.14. The summed E-state index contributed by atoms with van der Waals surface area (Å²) in [6, 6.07) is 9.40. The fraction of sp³-hybridized carbons (Fsp3) is 0. The van der Waals surface area contributed by atoms with Gasteiger partial charge in [-0.2, -0.15) is 15.8 Å². The summed E-state index contributed by atoms with van der Waals surface area (Å²) in [4.78, 5) is 0. The van der Waals surface area contributed by atoms with E-state index in [1.165, 1.54) is 24.3 Å². The molecule has 0 saturated heterocycles. The van der Waals surface area contributed by atoms with E-state index >= 15 is 0 Å². The van der Waals surface area contributed by atoms with Crippen LogP contribution in [-0.2, 0) is 0 Å². The van der Waals surface area contributed by atoms with Crippen molar-refractivity contribution in [3.63, 3.8) is 0 Å². The third-order valence-corrected chi connectivity index (χ3v) is 2.55. The fourth-order valence-corrected chi connectivity index (χ4v) is 1.63. The topological polar surface area (TPSA) is 134 Å². The maximum atomic E-state index is 10.7. The van der Waals surface area contributed by atoms with Gasteiger partial charge in [-0.15, -0.1) is 0 Å². The van der Waals surface area contributed by atoms with Gasteiger partial charge in [-0.25, -0.2) is 5.21 Å². The highest BCUT2D eigenvalue weighted by Gasteiger charge is 2.19. The summed E-state index contributed by atoms with van der Waals surface area (Å²) in [6.07, 6.45) is 0. The molecule has 4 N–H and O–H groups in total. The summed E-state index contributed by atoms with van der Waals surface area (Å²) in [5, 5.41) is 36.4. The largest absolute Gasteiger partial charge is 0.595 e. The summed E-state index contributed by atoms with van der Waals surface area (Å²) in [7, 11) is 0. The van der Waals surface area contributed by atoms with Crippen LogP contribution in [0.15, 0.2) is 28.7 Å². The molecule has 0 aliphatic carbocycles. The highest BCUT2D eigenvalue weighted by atomic mass is 16.8. The standard InChI is InChI=1S/C12H8N4O3/c13-5-9-10(6-14)12(15)19-11(9)7-1-3-8(4-2-7)16(17)18/h1-4,16-17H,15H2. The molecule has 0 saturated carbocycles. The van der Waals surface area contributed by atoms with E-state index in [4.69, 9.17) is 25.9 Å². The molecular weight excluding hydrogens is 248 g/mol. The summed E-state index contributed by atoms with van der Waals surface area (Å²) >= 11 is 0. The number of nitrogens with one attached hydrogen (secondary N) is 1. The molecule has 0 bridgehead atoms. The van der Waals surface area contributed by atoms with Gasteiger partial charge in [0, 0.05) is 17.7 Å². The molecule has 0 aliphatic heterocycles. The van der Waals surface area contributed by atoms with Gasteiger partial charge in [0.2, 0.25) is 5.88 Å². The summed E-state index contributed by atoms with van der Waals surface area (Å²) in [6.45, 7) is 0. The minimum Gasteiger partial charge on any atom is -0.595 e. The molecule has 94 valence electrons. The van der Waals surface area contributed by atoms with Crippen LogP contribution >= 0.6 is 0 Å². The molecule has 0 amide bonds. The molecule has 1 unspecified atom stereocenters. The van der Waals surface area contributed by atoms with E-state index in [1.54, 1.807) is 6.07 Å². The number of quaternary nitrogens is 1. The zero-order valence-corrected chi connectivity index (χ0v) is 9.54. The van der Waals surface area contributed by atoms with Crippen molar-refractivity contribution in [2.75, 3.05) is 5.73 Å². The Balaban J connectivity index is 2.54. The predicted octanol–water partition coefficient (Wildman–Crippen LogP) is 0.676. The third-order valence-electron chi connectivity index (χ3n) is 2.55. The number of furan rings is 1. The normalized spacial score (nSPS) is 11.6. The Labute approximate surface area is 107 Å². The molecule has 19 heavy (non-hydrogen) atoms. The number of anilines is 1. The maximum Gasteiger partial charge on any atom is 0.210 e. The molecule has 2 aromatic rings. The molecule has 0 radical (unpaired) electrons. The van der Waals surface area contributed by atoms with Crippen LogP contribution in [0, 0.1) is 27.9 Å². The van der Waals surface area contributed by atoms with Crippen LogP contribution in [0.4, 0.5) is 11.6 Å². The van der Waals surface area contributed by atoms with Crippen LogP contribution < -0.4 is 11.0 Å². The Bertz CT molecular complexity index is 689. The molecule has 2 rings (SSSR count). The van der Waals surface area contributed by atoms with E-state index in [1.807, 2.05) is 6.07 Å². The van der Waals surface area contributed by atoms with Gasteiger partial charge < -0.3 is 15.4 Å². The lowest BCUT2D eigenvalue weighted by Gasteiger charge is -2.11. The van der Waals surface area contributed by atoms with Gasteiger partial charge in [0.25, 0.3) is 0 Å². The van der Waals surface area contributed by atoms with Crippen LogP contribution in [0.5, 0.6) is 0 Å². The van der Waals surface area contributed by atoms with Gasteiger partial charge >= 0.3 is 0 Å². The van der Waals surface area contributed by atoms with Crippen LogP contribution in [0.25, 0.3) is 11.3 Å². The van der Waals surface area contributed by atoms with E-state index < -0.39 is 5.23 Å². The first-order valence-corrected chi connectivity index (χ1v) is 5.14. The number of hydrogen-bond donors (Lipinski definition) is 3. The fourth-order valence-electron chi connectivity index (χ4n) is 1.63. The SMILES string of the molecule is N#Cc1c(N)oc(-c2ccc([NH+]([O-])O)cc2)c1C#N. The Hall–Kier alpha value is -2.84. The number of rotatable bonds is 2. The number of nitrogens with two attached hydrogens (primary N) is 1. The van der Waals surface area contributed by atoms with Crippen LogP contribution in [-0.4, -0.2) is 5.21 Å². The Kier molecular flexibility index (Phi) is 3.19.